The van der Waals surface area contributed by atoms with E-state index in [-0.39, 0.29) is 19.2 Å². The van der Waals surface area contributed by atoms with E-state index in [0.29, 0.717) is 13.2 Å². The number of ether oxygens (including phenoxy) is 1. The van der Waals surface area contributed by atoms with E-state index >= 15 is 0 Å². The summed E-state index contributed by atoms with van der Waals surface area (Å²) in [5.74, 6) is -1.05. The Hall–Kier alpha value is -2.15. The predicted octanol–water partition coefficient (Wildman–Crippen LogP) is 0.419. The molecule has 1 aromatic heterocycles. The van der Waals surface area contributed by atoms with E-state index in [2.05, 4.69) is 4.98 Å². The van der Waals surface area contributed by atoms with Crippen molar-refractivity contribution in [1.82, 2.24) is 14.8 Å². The van der Waals surface area contributed by atoms with Crippen LogP contribution in [0.4, 0.5) is 4.79 Å². The summed E-state index contributed by atoms with van der Waals surface area (Å²) in [4.78, 5) is 30.3. The molecule has 0 bridgehead atoms. The molecule has 0 aliphatic carbocycles. The first-order valence-electron chi connectivity index (χ1n) is 6.31. The van der Waals surface area contributed by atoms with Gasteiger partial charge in [0.1, 0.15) is 0 Å². The summed E-state index contributed by atoms with van der Waals surface area (Å²) in [7, 11) is 1.64. The molecule has 0 aromatic carbocycles. The molecule has 7 nitrogen and oxygen atoms in total. The molecule has 1 saturated heterocycles. The molecule has 108 valence electrons. The fraction of sp³-hybridized carbons (Fsp3) is 0.462. The highest BCUT2D eigenvalue weighted by Crippen LogP contribution is 2.12. The number of carbonyl (C=O) groups is 2. The Morgan fingerprint density at radius 3 is 3.05 bits per heavy atom. The Labute approximate surface area is 116 Å². The van der Waals surface area contributed by atoms with Crippen LogP contribution in [-0.4, -0.2) is 64.7 Å². The lowest BCUT2D eigenvalue weighted by Crippen LogP contribution is -2.55. The van der Waals surface area contributed by atoms with E-state index in [9.17, 15) is 9.59 Å². The van der Waals surface area contributed by atoms with Crippen molar-refractivity contribution in [2.24, 2.45) is 0 Å². The van der Waals surface area contributed by atoms with Gasteiger partial charge in [-0.25, -0.2) is 9.59 Å². The number of amides is 2. The molecular formula is C13H17N3O4. The van der Waals surface area contributed by atoms with Gasteiger partial charge in [0, 0.05) is 32.5 Å². The second kappa shape index (κ2) is 6.33. The largest absolute Gasteiger partial charge is 0.480 e. The van der Waals surface area contributed by atoms with Gasteiger partial charge in [-0.2, -0.15) is 0 Å². The summed E-state index contributed by atoms with van der Waals surface area (Å²) in [6.45, 7) is 1.06. The van der Waals surface area contributed by atoms with Gasteiger partial charge in [-0.3, -0.25) is 4.98 Å². The number of rotatable bonds is 3. The molecule has 1 aromatic rings. The zero-order chi connectivity index (χ0) is 14.5. The van der Waals surface area contributed by atoms with E-state index in [1.54, 1.807) is 25.5 Å². The maximum Gasteiger partial charge on any atom is 0.328 e. The van der Waals surface area contributed by atoms with Crippen LogP contribution in [0.5, 0.6) is 0 Å². The van der Waals surface area contributed by atoms with E-state index in [1.165, 1.54) is 9.80 Å². The van der Waals surface area contributed by atoms with Crippen LogP contribution in [0, 0.1) is 0 Å². The number of nitrogens with zero attached hydrogens (tertiary/aromatic N) is 3. The minimum atomic E-state index is -1.05. The van der Waals surface area contributed by atoms with Crippen LogP contribution in [0.15, 0.2) is 24.5 Å². The van der Waals surface area contributed by atoms with E-state index in [0.717, 1.165) is 5.56 Å². The third-order valence-electron chi connectivity index (χ3n) is 3.13. The highest BCUT2D eigenvalue weighted by Gasteiger charge is 2.34. The lowest BCUT2D eigenvalue weighted by atomic mass is 10.2. The van der Waals surface area contributed by atoms with Gasteiger partial charge >= 0.3 is 12.0 Å². The smallest absolute Gasteiger partial charge is 0.328 e. The molecule has 0 saturated carbocycles. The molecular weight excluding hydrogens is 262 g/mol. The predicted molar refractivity (Wildman–Crippen MR) is 70.0 cm³/mol. The molecule has 1 unspecified atom stereocenters. The number of carboxylic acids is 1. The quantitative estimate of drug-likeness (QED) is 0.867. The lowest BCUT2D eigenvalue weighted by molar-refractivity contribution is -0.147. The molecule has 2 amide bonds. The second-order valence-corrected chi connectivity index (χ2v) is 4.62. The van der Waals surface area contributed by atoms with E-state index in [1.807, 2.05) is 6.07 Å². The molecule has 7 heteroatoms. The number of carbonyl (C=O) groups excluding carboxylic acids is 1. The summed E-state index contributed by atoms with van der Waals surface area (Å²) >= 11 is 0. The second-order valence-electron chi connectivity index (χ2n) is 4.62. The maximum absolute atomic E-state index is 12.3. The first kappa shape index (κ1) is 14.3. The molecule has 2 heterocycles. The number of urea groups is 1. The summed E-state index contributed by atoms with van der Waals surface area (Å²) < 4.78 is 5.12. The number of carboxylic acid groups (broad SMARTS) is 1. The van der Waals surface area contributed by atoms with Crippen LogP contribution < -0.4 is 0 Å². The zero-order valence-electron chi connectivity index (χ0n) is 11.2. The van der Waals surface area contributed by atoms with Crippen molar-refractivity contribution in [2.75, 3.05) is 26.8 Å². The van der Waals surface area contributed by atoms with Crippen LogP contribution in [0.2, 0.25) is 0 Å². The summed E-state index contributed by atoms with van der Waals surface area (Å²) in [5.41, 5.74) is 0.892. The lowest BCUT2D eigenvalue weighted by Gasteiger charge is -2.35. The molecule has 1 N–H and O–H groups in total. The number of aromatic nitrogens is 1. The van der Waals surface area contributed by atoms with Gasteiger partial charge in [0.15, 0.2) is 6.04 Å². The monoisotopic (exact) mass is 279 g/mol. The van der Waals surface area contributed by atoms with Crippen LogP contribution in [0.25, 0.3) is 0 Å². The van der Waals surface area contributed by atoms with Crippen molar-refractivity contribution in [1.29, 1.82) is 0 Å². The topological polar surface area (TPSA) is 83.0 Å². The molecule has 1 atom stereocenters. The standard InChI is InChI=1S/C13H17N3O4/c1-15(8-10-3-2-4-14-7-10)13(19)16-5-6-20-9-11(16)12(17)18/h2-4,7,11H,5-6,8-9H2,1H3,(H,17,18). The third-order valence-corrected chi connectivity index (χ3v) is 3.13. The van der Waals surface area contributed by atoms with Crippen molar-refractivity contribution in [2.45, 2.75) is 12.6 Å². The first-order valence-corrected chi connectivity index (χ1v) is 6.31. The van der Waals surface area contributed by atoms with Crippen LogP contribution >= 0.6 is 0 Å². The Balaban J connectivity index is 2.03. The number of aliphatic carboxylic acids is 1. The molecule has 1 aliphatic heterocycles. The van der Waals surface area contributed by atoms with Gasteiger partial charge in [0.05, 0.1) is 13.2 Å². The van der Waals surface area contributed by atoms with Crippen molar-refractivity contribution < 1.29 is 19.4 Å². The van der Waals surface area contributed by atoms with Crippen molar-refractivity contribution in [3.05, 3.63) is 30.1 Å². The summed E-state index contributed by atoms with van der Waals surface area (Å²) in [6, 6.07) is 2.42. The SMILES string of the molecule is CN(Cc1cccnc1)C(=O)N1CCOCC1C(=O)O. The minimum Gasteiger partial charge on any atom is -0.480 e. The fourth-order valence-electron chi connectivity index (χ4n) is 2.09. The molecule has 2 rings (SSSR count). The number of hydrogen-bond acceptors (Lipinski definition) is 4. The fourth-order valence-corrected chi connectivity index (χ4v) is 2.09. The van der Waals surface area contributed by atoms with Crippen molar-refractivity contribution in [3.63, 3.8) is 0 Å². The van der Waals surface area contributed by atoms with Gasteiger partial charge < -0.3 is 19.6 Å². The average molecular weight is 279 g/mol. The van der Waals surface area contributed by atoms with E-state index in [4.69, 9.17) is 9.84 Å². The minimum absolute atomic E-state index is 0.0296. The number of pyridine rings is 1. The maximum atomic E-state index is 12.3. The molecule has 0 radical (unpaired) electrons. The molecule has 1 fully saturated rings. The number of morpholine rings is 1. The summed E-state index contributed by atoms with van der Waals surface area (Å²) in [5, 5.41) is 9.13. The Morgan fingerprint density at radius 1 is 1.60 bits per heavy atom. The Bertz CT molecular complexity index is 480. The molecule has 0 spiro atoms. The average Bonchev–Trinajstić information content (AvgIpc) is 2.47. The van der Waals surface area contributed by atoms with Crippen molar-refractivity contribution >= 4 is 12.0 Å². The first-order chi connectivity index (χ1) is 9.59. The van der Waals surface area contributed by atoms with Gasteiger partial charge in [0.2, 0.25) is 0 Å². The van der Waals surface area contributed by atoms with Crippen molar-refractivity contribution in [3.8, 4) is 0 Å². The molecule has 20 heavy (non-hydrogen) atoms. The van der Waals surface area contributed by atoms with E-state index < -0.39 is 12.0 Å². The Morgan fingerprint density at radius 2 is 2.40 bits per heavy atom. The van der Waals surface area contributed by atoms with Gasteiger partial charge in [-0.1, -0.05) is 6.07 Å². The normalized spacial score (nSPS) is 18.6. The highest BCUT2D eigenvalue weighted by molar-refractivity contribution is 5.83. The van der Waals surface area contributed by atoms with Crippen LogP contribution in [0.1, 0.15) is 5.56 Å². The van der Waals surface area contributed by atoms with Crippen LogP contribution in [-0.2, 0) is 16.1 Å². The van der Waals surface area contributed by atoms with Gasteiger partial charge in [-0.05, 0) is 11.6 Å². The highest BCUT2D eigenvalue weighted by atomic mass is 16.5. The molecule has 1 aliphatic rings. The Kier molecular flexibility index (Phi) is 4.52. The van der Waals surface area contributed by atoms with Gasteiger partial charge in [-0.15, -0.1) is 0 Å². The zero-order valence-corrected chi connectivity index (χ0v) is 11.2. The number of hydrogen-bond donors (Lipinski definition) is 1. The van der Waals surface area contributed by atoms with Crippen LogP contribution in [0.3, 0.4) is 0 Å². The summed E-state index contributed by atoms with van der Waals surface area (Å²) in [6.07, 6.45) is 3.34. The third kappa shape index (κ3) is 3.24. The van der Waals surface area contributed by atoms with Gasteiger partial charge in [0.25, 0.3) is 0 Å².